The van der Waals surface area contributed by atoms with Crippen LogP contribution >= 0.6 is 0 Å². The van der Waals surface area contributed by atoms with E-state index >= 15 is 0 Å². The first-order chi connectivity index (χ1) is 10.6. The van der Waals surface area contributed by atoms with E-state index < -0.39 is 27.5 Å². The Bertz CT molecular complexity index is 704. The number of hydrogen-bond acceptors (Lipinski definition) is 6. The molecule has 0 aliphatic carbocycles. The largest absolute Gasteiger partial charge is 0.457 e. The first kappa shape index (κ1) is 19.1. The quantitative estimate of drug-likeness (QED) is 0.580. The minimum absolute atomic E-state index is 0.0104. The zero-order chi connectivity index (χ0) is 17.8. The highest BCUT2D eigenvalue weighted by molar-refractivity contribution is 7.89. The van der Waals surface area contributed by atoms with E-state index in [-0.39, 0.29) is 10.5 Å². The van der Waals surface area contributed by atoms with Gasteiger partial charge in [-0.2, -0.15) is 5.26 Å². The lowest BCUT2D eigenvalue weighted by molar-refractivity contribution is -0.0258. The highest BCUT2D eigenvalue weighted by atomic mass is 32.2. The zero-order valence-corrected chi connectivity index (χ0v) is 14.5. The summed E-state index contributed by atoms with van der Waals surface area (Å²) in [5, 5.41) is 9.02. The molecule has 0 saturated heterocycles. The molecule has 0 aliphatic rings. The number of sulfonamides is 1. The molecule has 126 valence electrons. The van der Waals surface area contributed by atoms with Crippen molar-refractivity contribution >= 4 is 16.0 Å². The lowest BCUT2D eigenvalue weighted by atomic mass is 9.89. The third-order valence-corrected chi connectivity index (χ3v) is 5.27. The molecule has 0 N–H and O–H groups in total. The third kappa shape index (κ3) is 4.28. The van der Waals surface area contributed by atoms with Gasteiger partial charge in [0.1, 0.15) is 6.10 Å². The first-order valence-electron chi connectivity index (χ1n) is 6.81. The maximum atomic E-state index is 12.1. The summed E-state index contributed by atoms with van der Waals surface area (Å²) in [6.07, 6.45) is -0.608. The number of benzene rings is 1. The average molecular weight is 340 g/mol. The Hall–Kier alpha value is -1.95. The molecule has 1 rings (SSSR count). The Morgan fingerprint density at radius 3 is 2.26 bits per heavy atom. The standard InChI is InChI=1S/C15H20N2O5S/c1-11(15(2,3)10-16)22-14(18)12-6-8-13(9-7-12)23(19,20)17(4)21-5/h6-9,11H,1-5H3/t11-/m1/s1. The van der Waals surface area contributed by atoms with E-state index in [1.165, 1.54) is 38.4 Å². The van der Waals surface area contributed by atoms with Crippen LogP contribution < -0.4 is 0 Å². The van der Waals surface area contributed by atoms with Gasteiger partial charge in [-0.05, 0) is 45.0 Å². The number of ether oxygens (including phenoxy) is 1. The molecule has 0 heterocycles. The van der Waals surface area contributed by atoms with Crippen LogP contribution in [-0.2, 0) is 19.6 Å². The molecule has 0 aromatic heterocycles. The van der Waals surface area contributed by atoms with Crippen LogP contribution in [0.1, 0.15) is 31.1 Å². The number of esters is 1. The van der Waals surface area contributed by atoms with Crippen LogP contribution in [0.3, 0.4) is 0 Å². The van der Waals surface area contributed by atoms with Gasteiger partial charge in [0.25, 0.3) is 10.0 Å². The molecule has 0 bridgehead atoms. The Morgan fingerprint density at radius 2 is 1.83 bits per heavy atom. The number of carbonyl (C=O) groups is 1. The van der Waals surface area contributed by atoms with E-state index in [0.29, 0.717) is 0 Å². The van der Waals surface area contributed by atoms with Crippen LogP contribution in [0.15, 0.2) is 29.2 Å². The Kier molecular flexibility index (Phi) is 5.88. The van der Waals surface area contributed by atoms with Crippen molar-refractivity contribution in [1.29, 1.82) is 5.26 Å². The van der Waals surface area contributed by atoms with Crippen LogP contribution in [0.4, 0.5) is 0 Å². The summed E-state index contributed by atoms with van der Waals surface area (Å²) in [5.74, 6) is -0.620. The number of hydrogen-bond donors (Lipinski definition) is 0. The van der Waals surface area contributed by atoms with Crippen molar-refractivity contribution in [1.82, 2.24) is 4.47 Å². The van der Waals surface area contributed by atoms with E-state index in [2.05, 4.69) is 10.9 Å². The number of nitrogens with zero attached hydrogens (tertiary/aromatic N) is 2. The van der Waals surface area contributed by atoms with Gasteiger partial charge >= 0.3 is 5.97 Å². The van der Waals surface area contributed by atoms with Crippen LogP contribution in [0.5, 0.6) is 0 Å². The fourth-order valence-corrected chi connectivity index (χ4v) is 2.45. The molecular formula is C15H20N2O5S. The summed E-state index contributed by atoms with van der Waals surface area (Å²) in [7, 11) is -1.26. The predicted octanol–water partition coefficient (Wildman–Crippen LogP) is 1.96. The van der Waals surface area contributed by atoms with Crippen molar-refractivity contribution in [3.05, 3.63) is 29.8 Å². The third-order valence-electron chi connectivity index (χ3n) is 3.57. The Labute approximate surface area is 136 Å². The fourth-order valence-electron chi connectivity index (χ4n) is 1.48. The highest BCUT2D eigenvalue weighted by Crippen LogP contribution is 2.23. The van der Waals surface area contributed by atoms with E-state index in [4.69, 9.17) is 10.00 Å². The van der Waals surface area contributed by atoms with Crippen molar-refractivity contribution in [3.63, 3.8) is 0 Å². The van der Waals surface area contributed by atoms with E-state index in [0.717, 1.165) is 4.47 Å². The maximum absolute atomic E-state index is 12.1. The SMILES string of the molecule is CON(C)S(=O)(=O)c1ccc(C(=O)O[C@H](C)C(C)(C)C#N)cc1. The lowest BCUT2D eigenvalue weighted by Crippen LogP contribution is -2.30. The fraction of sp³-hybridized carbons (Fsp3) is 0.467. The molecule has 0 unspecified atom stereocenters. The van der Waals surface area contributed by atoms with Gasteiger partial charge in [0, 0.05) is 7.05 Å². The second-order valence-corrected chi connectivity index (χ2v) is 7.44. The highest BCUT2D eigenvalue weighted by Gasteiger charge is 2.29. The molecule has 0 aliphatic heterocycles. The summed E-state index contributed by atoms with van der Waals surface area (Å²) in [4.78, 5) is 16.7. The second-order valence-electron chi connectivity index (χ2n) is 5.50. The van der Waals surface area contributed by atoms with Gasteiger partial charge in [-0.1, -0.05) is 4.47 Å². The molecule has 0 fully saturated rings. The van der Waals surface area contributed by atoms with Crippen LogP contribution in [0.25, 0.3) is 0 Å². The molecular weight excluding hydrogens is 320 g/mol. The topological polar surface area (TPSA) is 96.7 Å². The molecule has 1 aromatic rings. The summed E-state index contributed by atoms with van der Waals surface area (Å²) in [6, 6.07) is 7.36. The smallest absolute Gasteiger partial charge is 0.338 e. The molecule has 7 nitrogen and oxygen atoms in total. The first-order valence-corrected chi connectivity index (χ1v) is 8.25. The van der Waals surface area contributed by atoms with Crippen LogP contribution in [0, 0.1) is 16.7 Å². The van der Waals surface area contributed by atoms with Gasteiger partial charge in [-0.15, -0.1) is 0 Å². The molecule has 0 spiro atoms. The average Bonchev–Trinajstić information content (AvgIpc) is 2.53. The van der Waals surface area contributed by atoms with E-state index in [1.807, 2.05) is 0 Å². The van der Waals surface area contributed by atoms with Gasteiger partial charge in [0.2, 0.25) is 0 Å². The number of carbonyl (C=O) groups excluding carboxylic acids is 1. The van der Waals surface area contributed by atoms with Crippen molar-refractivity contribution in [2.75, 3.05) is 14.2 Å². The number of nitriles is 1. The minimum atomic E-state index is -3.77. The van der Waals surface area contributed by atoms with Gasteiger partial charge in [-0.3, -0.25) is 4.84 Å². The molecule has 0 radical (unpaired) electrons. The lowest BCUT2D eigenvalue weighted by Gasteiger charge is -2.24. The molecule has 1 aromatic carbocycles. The monoisotopic (exact) mass is 340 g/mol. The van der Waals surface area contributed by atoms with Gasteiger partial charge in [0.15, 0.2) is 0 Å². The predicted molar refractivity (Wildman–Crippen MR) is 82.7 cm³/mol. The normalized spacial score (nSPS) is 13.4. The second kappa shape index (κ2) is 7.08. The van der Waals surface area contributed by atoms with Gasteiger partial charge in [-0.25, -0.2) is 13.2 Å². The van der Waals surface area contributed by atoms with Crippen molar-refractivity contribution in [3.8, 4) is 6.07 Å². The minimum Gasteiger partial charge on any atom is -0.457 e. The van der Waals surface area contributed by atoms with Crippen molar-refractivity contribution in [2.45, 2.75) is 31.8 Å². The summed E-state index contributed by atoms with van der Waals surface area (Å²) >= 11 is 0. The van der Waals surface area contributed by atoms with Crippen LogP contribution in [0.2, 0.25) is 0 Å². The Balaban J connectivity index is 2.94. The van der Waals surface area contributed by atoms with Gasteiger partial charge in [0.05, 0.1) is 29.1 Å². The molecule has 23 heavy (non-hydrogen) atoms. The van der Waals surface area contributed by atoms with Gasteiger partial charge < -0.3 is 4.74 Å². The number of rotatable bonds is 6. The maximum Gasteiger partial charge on any atom is 0.338 e. The van der Waals surface area contributed by atoms with Crippen molar-refractivity contribution in [2.24, 2.45) is 5.41 Å². The van der Waals surface area contributed by atoms with E-state index in [1.54, 1.807) is 20.8 Å². The van der Waals surface area contributed by atoms with E-state index in [9.17, 15) is 13.2 Å². The molecule has 1 atom stereocenters. The summed E-state index contributed by atoms with van der Waals surface area (Å²) in [5.41, 5.74) is -0.621. The van der Waals surface area contributed by atoms with Crippen LogP contribution in [-0.4, -0.2) is 39.1 Å². The molecule has 0 saturated carbocycles. The molecule has 0 amide bonds. The number of hydroxylamine groups is 1. The molecule has 8 heteroatoms. The summed E-state index contributed by atoms with van der Waals surface area (Å²) in [6.45, 7) is 4.97. The Morgan fingerprint density at radius 1 is 1.30 bits per heavy atom. The van der Waals surface area contributed by atoms with Crippen molar-refractivity contribution < 1.29 is 22.8 Å². The zero-order valence-electron chi connectivity index (χ0n) is 13.7. The summed E-state index contributed by atoms with van der Waals surface area (Å²) < 4.78 is 30.0.